The molecule has 0 heterocycles. The van der Waals surface area contributed by atoms with Gasteiger partial charge in [-0.25, -0.2) is 0 Å². The highest BCUT2D eigenvalue weighted by atomic mass is 32.2. The maximum Gasteiger partial charge on any atom is 0.280 e. The molecule has 1 aliphatic carbocycles. The molecule has 0 radical (unpaired) electrons. The number of anilines is 1. The summed E-state index contributed by atoms with van der Waals surface area (Å²) in [6.07, 6.45) is 1.80. The molecule has 0 atom stereocenters. The van der Waals surface area contributed by atoms with Gasteiger partial charge < -0.3 is 10.5 Å². The molecule has 0 spiro atoms. The predicted molar refractivity (Wildman–Crippen MR) is 78.2 cm³/mol. The van der Waals surface area contributed by atoms with Gasteiger partial charge in [-0.05, 0) is 24.5 Å². The molecule has 6 nitrogen and oxygen atoms in total. The molecule has 0 saturated heterocycles. The van der Waals surface area contributed by atoms with E-state index in [1.54, 1.807) is 6.07 Å². The normalized spacial score (nSPS) is 15.7. The van der Waals surface area contributed by atoms with Gasteiger partial charge in [-0.2, -0.15) is 17.4 Å². The van der Waals surface area contributed by atoms with Crippen LogP contribution in [0.3, 0.4) is 0 Å². The van der Waals surface area contributed by atoms with Crippen molar-refractivity contribution in [1.29, 1.82) is 0 Å². The molecule has 0 aliphatic heterocycles. The van der Waals surface area contributed by atoms with Crippen LogP contribution in [0.1, 0.15) is 18.4 Å². The van der Waals surface area contributed by atoms with E-state index in [4.69, 9.17) is 10.5 Å². The third-order valence-electron chi connectivity index (χ3n) is 3.23. The van der Waals surface area contributed by atoms with E-state index in [1.807, 2.05) is 18.2 Å². The molecule has 20 heavy (non-hydrogen) atoms. The lowest BCUT2D eigenvalue weighted by Crippen LogP contribution is -2.42. The summed E-state index contributed by atoms with van der Waals surface area (Å²) in [4.78, 5) is 0. The van der Waals surface area contributed by atoms with Gasteiger partial charge >= 0.3 is 0 Å². The fraction of sp³-hybridized carbons (Fsp3) is 0.538. The second-order valence-corrected chi connectivity index (χ2v) is 6.58. The Hall–Kier alpha value is -1.15. The smallest absolute Gasteiger partial charge is 0.280 e. The first-order valence-corrected chi connectivity index (χ1v) is 8.07. The Bertz CT molecular complexity index is 544. The second kappa shape index (κ2) is 6.53. The van der Waals surface area contributed by atoms with Gasteiger partial charge in [0, 0.05) is 31.9 Å². The molecule has 1 fully saturated rings. The molecule has 112 valence electrons. The van der Waals surface area contributed by atoms with Crippen LogP contribution in [0.2, 0.25) is 0 Å². The van der Waals surface area contributed by atoms with Crippen LogP contribution in [0, 0.1) is 0 Å². The van der Waals surface area contributed by atoms with E-state index in [-0.39, 0.29) is 12.6 Å². The zero-order valence-corrected chi connectivity index (χ0v) is 12.4. The Morgan fingerprint density at radius 1 is 1.40 bits per heavy atom. The SMILES string of the molecule is COCCNS(=O)(=O)N(Cc1ccccc1N)C1CC1. The second-order valence-electron chi connectivity index (χ2n) is 4.87. The van der Waals surface area contributed by atoms with Gasteiger partial charge in [0.2, 0.25) is 0 Å². The molecular weight excluding hydrogens is 278 g/mol. The van der Waals surface area contributed by atoms with E-state index in [2.05, 4.69) is 4.72 Å². The van der Waals surface area contributed by atoms with E-state index < -0.39 is 10.2 Å². The van der Waals surface area contributed by atoms with Crippen LogP contribution >= 0.6 is 0 Å². The van der Waals surface area contributed by atoms with Crippen LogP contribution in [0.5, 0.6) is 0 Å². The average molecular weight is 299 g/mol. The van der Waals surface area contributed by atoms with Crippen molar-refractivity contribution in [3.8, 4) is 0 Å². The third-order valence-corrected chi connectivity index (χ3v) is 4.85. The number of nitrogens with zero attached hydrogens (tertiary/aromatic N) is 1. The average Bonchev–Trinajstić information content (AvgIpc) is 3.22. The third kappa shape index (κ3) is 3.92. The van der Waals surface area contributed by atoms with Crippen molar-refractivity contribution in [2.24, 2.45) is 0 Å². The van der Waals surface area contributed by atoms with E-state index in [9.17, 15) is 8.42 Å². The van der Waals surface area contributed by atoms with Gasteiger partial charge in [-0.1, -0.05) is 18.2 Å². The number of hydrogen-bond donors (Lipinski definition) is 2. The lowest BCUT2D eigenvalue weighted by molar-refractivity contribution is 0.203. The number of methoxy groups -OCH3 is 1. The van der Waals surface area contributed by atoms with Crippen LogP contribution in [0.4, 0.5) is 5.69 Å². The maximum atomic E-state index is 12.3. The molecule has 3 N–H and O–H groups in total. The van der Waals surface area contributed by atoms with E-state index in [1.165, 1.54) is 11.4 Å². The van der Waals surface area contributed by atoms with Crippen LogP contribution in [0.25, 0.3) is 0 Å². The summed E-state index contributed by atoms with van der Waals surface area (Å²) in [5.74, 6) is 0. The lowest BCUT2D eigenvalue weighted by Gasteiger charge is -2.22. The Kier molecular flexibility index (Phi) is 4.98. The lowest BCUT2D eigenvalue weighted by atomic mass is 10.2. The fourth-order valence-corrected chi connectivity index (χ4v) is 3.39. The van der Waals surface area contributed by atoms with Crippen molar-refractivity contribution < 1.29 is 13.2 Å². The first-order valence-electron chi connectivity index (χ1n) is 6.63. The Morgan fingerprint density at radius 3 is 2.70 bits per heavy atom. The summed E-state index contributed by atoms with van der Waals surface area (Å²) in [5, 5.41) is 0. The van der Waals surface area contributed by atoms with E-state index >= 15 is 0 Å². The van der Waals surface area contributed by atoms with E-state index in [0.717, 1.165) is 18.4 Å². The zero-order chi connectivity index (χ0) is 14.6. The molecule has 7 heteroatoms. The van der Waals surface area contributed by atoms with Crippen molar-refractivity contribution in [3.63, 3.8) is 0 Å². The first kappa shape index (κ1) is 15.2. The van der Waals surface area contributed by atoms with Crippen molar-refractivity contribution in [2.45, 2.75) is 25.4 Å². The molecule has 1 aliphatic rings. The minimum atomic E-state index is -3.50. The number of ether oxygens (including phenoxy) is 1. The fourth-order valence-electron chi connectivity index (χ4n) is 1.97. The van der Waals surface area contributed by atoms with Crippen LogP contribution < -0.4 is 10.5 Å². The molecule has 1 aromatic carbocycles. The summed E-state index contributed by atoms with van der Waals surface area (Å²) < 4.78 is 33.6. The quantitative estimate of drug-likeness (QED) is 0.547. The molecular formula is C13H21N3O3S. The van der Waals surface area contributed by atoms with Crippen LogP contribution in [-0.2, 0) is 21.5 Å². The summed E-state index contributed by atoms with van der Waals surface area (Å²) in [5.41, 5.74) is 7.34. The Morgan fingerprint density at radius 2 is 2.10 bits per heavy atom. The highest BCUT2D eigenvalue weighted by molar-refractivity contribution is 7.87. The van der Waals surface area contributed by atoms with Crippen molar-refractivity contribution in [1.82, 2.24) is 9.03 Å². The predicted octanol–water partition coefficient (Wildman–Crippen LogP) is 0.714. The van der Waals surface area contributed by atoms with Gasteiger partial charge in [-0.3, -0.25) is 0 Å². The molecule has 0 aromatic heterocycles. The Balaban J connectivity index is 2.09. The molecule has 0 unspecified atom stereocenters. The topological polar surface area (TPSA) is 84.7 Å². The number of nitrogens with two attached hydrogens (primary N) is 1. The summed E-state index contributed by atoms with van der Waals surface area (Å²) >= 11 is 0. The highest BCUT2D eigenvalue weighted by Crippen LogP contribution is 2.31. The highest BCUT2D eigenvalue weighted by Gasteiger charge is 2.37. The number of para-hydroxylation sites is 1. The van der Waals surface area contributed by atoms with Gasteiger partial charge in [0.1, 0.15) is 0 Å². The summed E-state index contributed by atoms with van der Waals surface area (Å²) in [7, 11) is -1.96. The van der Waals surface area contributed by atoms with Crippen LogP contribution in [-0.4, -0.2) is 39.0 Å². The van der Waals surface area contributed by atoms with Gasteiger partial charge in [0.05, 0.1) is 6.61 Å². The van der Waals surface area contributed by atoms with Gasteiger partial charge in [0.25, 0.3) is 10.2 Å². The number of rotatable bonds is 8. The number of hydrogen-bond acceptors (Lipinski definition) is 4. The summed E-state index contributed by atoms with van der Waals surface area (Å²) in [6, 6.07) is 7.42. The minimum Gasteiger partial charge on any atom is -0.398 e. The monoisotopic (exact) mass is 299 g/mol. The van der Waals surface area contributed by atoms with E-state index in [0.29, 0.717) is 18.8 Å². The molecule has 0 amide bonds. The minimum absolute atomic E-state index is 0.0784. The number of nitrogens with one attached hydrogen (secondary N) is 1. The Labute approximate surface area is 120 Å². The molecule has 0 bridgehead atoms. The number of nitrogen functional groups attached to an aromatic ring is 1. The summed E-state index contributed by atoms with van der Waals surface area (Å²) in [6.45, 7) is 0.928. The number of benzene rings is 1. The molecule has 2 rings (SSSR count). The largest absolute Gasteiger partial charge is 0.398 e. The van der Waals surface area contributed by atoms with Gasteiger partial charge in [-0.15, -0.1) is 0 Å². The van der Waals surface area contributed by atoms with Crippen LogP contribution in [0.15, 0.2) is 24.3 Å². The van der Waals surface area contributed by atoms with Crippen molar-refractivity contribution in [2.75, 3.05) is 26.0 Å². The standard InChI is InChI=1S/C13H21N3O3S/c1-19-9-8-15-20(17,18)16(12-6-7-12)10-11-4-2-3-5-13(11)14/h2-5,12,15H,6-10,14H2,1H3. The first-order chi connectivity index (χ1) is 9.54. The zero-order valence-electron chi connectivity index (χ0n) is 11.6. The molecule has 1 aromatic rings. The van der Waals surface area contributed by atoms with Crippen molar-refractivity contribution >= 4 is 15.9 Å². The molecule has 1 saturated carbocycles. The maximum absolute atomic E-state index is 12.3. The van der Waals surface area contributed by atoms with Crippen molar-refractivity contribution in [3.05, 3.63) is 29.8 Å². The van der Waals surface area contributed by atoms with Gasteiger partial charge in [0.15, 0.2) is 0 Å².